The quantitative estimate of drug-likeness (QED) is 0.818. The van der Waals surface area contributed by atoms with Crippen LogP contribution in [0.3, 0.4) is 0 Å². The third kappa shape index (κ3) is 2.40. The Morgan fingerprint density at radius 2 is 2.47 bits per heavy atom. The fourth-order valence-corrected chi connectivity index (χ4v) is 2.41. The summed E-state index contributed by atoms with van der Waals surface area (Å²) in [6.45, 7) is 6.76. The lowest BCUT2D eigenvalue weighted by Crippen LogP contribution is -2.39. The van der Waals surface area contributed by atoms with E-state index < -0.39 is 0 Å². The molecule has 1 N–H and O–H groups in total. The van der Waals surface area contributed by atoms with Crippen molar-refractivity contribution >= 4 is 0 Å². The van der Waals surface area contributed by atoms with Crippen LogP contribution in [0.4, 0.5) is 0 Å². The van der Waals surface area contributed by atoms with E-state index in [-0.39, 0.29) is 5.54 Å². The second kappa shape index (κ2) is 4.35. The van der Waals surface area contributed by atoms with Crippen molar-refractivity contribution in [1.82, 2.24) is 14.9 Å². The second-order valence-electron chi connectivity index (χ2n) is 4.80. The fraction of sp³-hybridized carbons (Fsp3) is 0.750. The van der Waals surface area contributed by atoms with E-state index in [0.29, 0.717) is 0 Å². The molecule has 2 rings (SSSR count). The number of hydrogen-bond acceptors (Lipinski definition) is 2. The standard InChI is InChI=1S/C12H21N3/c1-3-8-15-9-7-13-11(15)10-12(2)5-4-6-14-12/h7,9,14H,3-6,8,10H2,1-2H3. The Morgan fingerprint density at radius 1 is 1.60 bits per heavy atom. The Bertz CT molecular complexity index is 310. The Balaban J connectivity index is 2.06. The number of nitrogens with one attached hydrogen (secondary N) is 1. The van der Waals surface area contributed by atoms with Gasteiger partial charge in [-0.2, -0.15) is 0 Å². The largest absolute Gasteiger partial charge is 0.335 e. The molecule has 1 aromatic heterocycles. The van der Waals surface area contributed by atoms with Crippen LogP contribution in [0.1, 0.15) is 38.9 Å². The molecule has 1 saturated heterocycles. The number of hydrogen-bond donors (Lipinski definition) is 1. The van der Waals surface area contributed by atoms with E-state index in [2.05, 4.69) is 34.9 Å². The molecule has 0 saturated carbocycles. The van der Waals surface area contributed by atoms with Crippen molar-refractivity contribution in [1.29, 1.82) is 0 Å². The van der Waals surface area contributed by atoms with Crippen LogP contribution >= 0.6 is 0 Å². The molecule has 0 radical (unpaired) electrons. The van der Waals surface area contributed by atoms with Crippen molar-refractivity contribution in [3.05, 3.63) is 18.2 Å². The minimum absolute atomic E-state index is 0.275. The third-order valence-electron chi connectivity index (χ3n) is 3.27. The smallest absolute Gasteiger partial charge is 0.110 e. The summed E-state index contributed by atoms with van der Waals surface area (Å²) >= 11 is 0. The maximum absolute atomic E-state index is 4.47. The van der Waals surface area contributed by atoms with Gasteiger partial charge in [0.2, 0.25) is 0 Å². The zero-order valence-corrected chi connectivity index (χ0v) is 9.79. The predicted octanol–water partition coefficient (Wildman–Crippen LogP) is 1.98. The first-order chi connectivity index (χ1) is 7.23. The normalized spacial score (nSPS) is 26.0. The molecule has 0 bridgehead atoms. The van der Waals surface area contributed by atoms with Gasteiger partial charge in [-0.3, -0.25) is 0 Å². The Labute approximate surface area is 91.9 Å². The predicted molar refractivity (Wildman–Crippen MR) is 61.9 cm³/mol. The number of aromatic nitrogens is 2. The first kappa shape index (κ1) is 10.7. The van der Waals surface area contributed by atoms with Crippen LogP contribution in [-0.2, 0) is 13.0 Å². The molecule has 1 aliphatic rings. The van der Waals surface area contributed by atoms with Gasteiger partial charge >= 0.3 is 0 Å². The SMILES string of the molecule is CCCn1ccnc1CC1(C)CCCN1. The van der Waals surface area contributed by atoms with Gasteiger partial charge in [-0.15, -0.1) is 0 Å². The summed E-state index contributed by atoms with van der Waals surface area (Å²) in [5.41, 5.74) is 0.275. The maximum Gasteiger partial charge on any atom is 0.110 e. The lowest BCUT2D eigenvalue weighted by atomic mass is 9.95. The van der Waals surface area contributed by atoms with E-state index in [1.165, 1.54) is 25.1 Å². The zero-order chi connectivity index (χ0) is 10.7. The van der Waals surface area contributed by atoms with Crippen molar-refractivity contribution in [3.8, 4) is 0 Å². The van der Waals surface area contributed by atoms with Crippen LogP contribution in [0.15, 0.2) is 12.4 Å². The van der Waals surface area contributed by atoms with Gasteiger partial charge in [-0.25, -0.2) is 4.98 Å². The minimum Gasteiger partial charge on any atom is -0.335 e. The van der Waals surface area contributed by atoms with E-state index in [1.54, 1.807) is 0 Å². The van der Waals surface area contributed by atoms with Crippen molar-refractivity contribution in [2.45, 2.75) is 51.6 Å². The second-order valence-corrected chi connectivity index (χ2v) is 4.80. The molecule has 0 aliphatic carbocycles. The highest BCUT2D eigenvalue weighted by atomic mass is 15.1. The number of rotatable bonds is 4. The molecule has 15 heavy (non-hydrogen) atoms. The third-order valence-corrected chi connectivity index (χ3v) is 3.27. The van der Waals surface area contributed by atoms with Gasteiger partial charge < -0.3 is 9.88 Å². The van der Waals surface area contributed by atoms with Crippen molar-refractivity contribution < 1.29 is 0 Å². The average Bonchev–Trinajstić information content (AvgIpc) is 2.78. The lowest BCUT2D eigenvalue weighted by Gasteiger charge is -2.24. The molecule has 1 aliphatic heterocycles. The summed E-state index contributed by atoms with van der Waals surface area (Å²) in [4.78, 5) is 4.47. The molecule has 1 fully saturated rings. The van der Waals surface area contributed by atoms with E-state index in [4.69, 9.17) is 0 Å². The van der Waals surface area contributed by atoms with Crippen LogP contribution in [0.2, 0.25) is 0 Å². The van der Waals surface area contributed by atoms with Crippen molar-refractivity contribution in [3.63, 3.8) is 0 Å². The van der Waals surface area contributed by atoms with Crippen LogP contribution < -0.4 is 5.32 Å². The topological polar surface area (TPSA) is 29.9 Å². The van der Waals surface area contributed by atoms with Crippen LogP contribution in [0.5, 0.6) is 0 Å². The minimum atomic E-state index is 0.275. The van der Waals surface area contributed by atoms with Crippen molar-refractivity contribution in [2.75, 3.05) is 6.54 Å². The highest BCUT2D eigenvalue weighted by molar-refractivity contribution is 5.02. The molecular formula is C12H21N3. The lowest BCUT2D eigenvalue weighted by molar-refractivity contribution is 0.395. The van der Waals surface area contributed by atoms with E-state index in [1.807, 2.05) is 6.20 Å². The summed E-state index contributed by atoms with van der Waals surface area (Å²) in [5.74, 6) is 1.23. The highest BCUT2D eigenvalue weighted by Gasteiger charge is 2.29. The van der Waals surface area contributed by atoms with E-state index in [0.717, 1.165) is 19.5 Å². The summed E-state index contributed by atoms with van der Waals surface area (Å²) in [7, 11) is 0. The molecule has 3 heteroatoms. The monoisotopic (exact) mass is 207 g/mol. The molecule has 3 nitrogen and oxygen atoms in total. The molecule has 0 amide bonds. The van der Waals surface area contributed by atoms with Crippen LogP contribution in [0.25, 0.3) is 0 Å². The summed E-state index contributed by atoms with van der Waals surface area (Å²) in [5, 5.41) is 3.59. The van der Waals surface area contributed by atoms with Gasteiger partial charge in [-0.1, -0.05) is 6.92 Å². The Kier molecular flexibility index (Phi) is 3.10. The first-order valence-corrected chi connectivity index (χ1v) is 5.98. The van der Waals surface area contributed by atoms with Gasteiger partial charge in [0.05, 0.1) is 0 Å². The van der Waals surface area contributed by atoms with Gasteiger partial charge in [0, 0.05) is 30.9 Å². The van der Waals surface area contributed by atoms with Gasteiger partial charge in [0.15, 0.2) is 0 Å². The summed E-state index contributed by atoms with van der Waals surface area (Å²) < 4.78 is 2.28. The Morgan fingerprint density at radius 3 is 3.13 bits per heavy atom. The van der Waals surface area contributed by atoms with E-state index >= 15 is 0 Å². The molecule has 1 atom stereocenters. The number of aryl methyl sites for hydroxylation is 1. The van der Waals surface area contributed by atoms with Crippen molar-refractivity contribution in [2.24, 2.45) is 0 Å². The van der Waals surface area contributed by atoms with Gasteiger partial charge in [0.1, 0.15) is 5.82 Å². The molecule has 2 heterocycles. The highest BCUT2D eigenvalue weighted by Crippen LogP contribution is 2.22. The first-order valence-electron chi connectivity index (χ1n) is 5.98. The molecule has 84 valence electrons. The molecular weight excluding hydrogens is 186 g/mol. The summed E-state index contributed by atoms with van der Waals surface area (Å²) in [6.07, 6.45) is 8.81. The summed E-state index contributed by atoms with van der Waals surface area (Å²) in [6, 6.07) is 0. The van der Waals surface area contributed by atoms with Crippen LogP contribution in [0, 0.1) is 0 Å². The van der Waals surface area contributed by atoms with Crippen LogP contribution in [-0.4, -0.2) is 21.6 Å². The molecule has 1 unspecified atom stereocenters. The van der Waals surface area contributed by atoms with Gasteiger partial charge in [-0.05, 0) is 32.7 Å². The zero-order valence-electron chi connectivity index (χ0n) is 9.79. The molecule has 0 spiro atoms. The fourth-order valence-electron chi connectivity index (χ4n) is 2.41. The molecule has 1 aromatic rings. The molecule has 0 aromatic carbocycles. The Hall–Kier alpha value is -0.830. The number of imidazole rings is 1. The average molecular weight is 207 g/mol. The van der Waals surface area contributed by atoms with E-state index in [9.17, 15) is 0 Å². The maximum atomic E-state index is 4.47. The van der Waals surface area contributed by atoms with Gasteiger partial charge in [0.25, 0.3) is 0 Å². The number of nitrogens with zero attached hydrogens (tertiary/aromatic N) is 2.